The number of carbonyl (C=O) groups is 3. The molecule has 2 fully saturated rings. The first kappa shape index (κ1) is 14.4. The molecule has 6 heteroatoms. The van der Waals surface area contributed by atoms with Crippen LogP contribution in [-0.4, -0.2) is 40.3 Å². The molecule has 2 saturated heterocycles. The molecular weight excluding hydrogens is 264 g/mol. The Hall–Kier alpha value is -1.04. The molecule has 0 aromatic carbocycles. The normalized spacial score (nSPS) is 24.5. The summed E-state index contributed by atoms with van der Waals surface area (Å²) in [5.41, 5.74) is -1.06. The summed E-state index contributed by atoms with van der Waals surface area (Å²) in [6, 6.07) is -0.594. The number of carbonyl (C=O) groups excluding carboxylic acids is 3. The van der Waals surface area contributed by atoms with Gasteiger partial charge in [-0.25, -0.2) is 4.79 Å². The van der Waals surface area contributed by atoms with Gasteiger partial charge in [-0.2, -0.15) is 11.8 Å². The number of nitrogens with one attached hydrogen (secondary N) is 1. The Labute approximate surface area is 117 Å². The molecule has 0 aliphatic carbocycles. The monoisotopic (exact) mass is 284 g/mol. The second-order valence-corrected chi connectivity index (χ2v) is 6.29. The molecule has 106 valence electrons. The van der Waals surface area contributed by atoms with Crippen molar-refractivity contribution in [3.63, 3.8) is 0 Å². The Morgan fingerprint density at radius 2 is 1.79 bits per heavy atom. The number of rotatable bonds is 3. The van der Waals surface area contributed by atoms with Crippen LogP contribution in [0, 0.1) is 5.41 Å². The highest BCUT2D eigenvalue weighted by Gasteiger charge is 2.53. The maximum Gasteiger partial charge on any atom is 0.331 e. The Balaban J connectivity index is 2.29. The molecule has 2 heterocycles. The predicted octanol–water partition coefficient (Wildman–Crippen LogP) is 1.77. The van der Waals surface area contributed by atoms with Crippen LogP contribution in [0.25, 0.3) is 0 Å². The van der Waals surface area contributed by atoms with Gasteiger partial charge in [-0.3, -0.25) is 19.8 Å². The van der Waals surface area contributed by atoms with E-state index in [0.717, 1.165) is 24.3 Å². The van der Waals surface area contributed by atoms with Gasteiger partial charge in [0, 0.05) is 6.04 Å². The summed E-state index contributed by atoms with van der Waals surface area (Å²) in [5, 5.41) is 2.37. The van der Waals surface area contributed by atoms with E-state index in [9.17, 15) is 14.4 Å². The van der Waals surface area contributed by atoms with Crippen molar-refractivity contribution < 1.29 is 14.4 Å². The number of imide groups is 2. The first-order chi connectivity index (χ1) is 9.06. The second-order valence-electron chi connectivity index (χ2n) is 5.07. The Morgan fingerprint density at radius 1 is 1.21 bits per heavy atom. The Bertz CT molecular complexity index is 401. The molecule has 0 saturated carbocycles. The first-order valence-electron chi connectivity index (χ1n) is 6.83. The molecule has 0 atom stereocenters. The van der Waals surface area contributed by atoms with Crippen LogP contribution in [-0.2, 0) is 9.59 Å². The lowest BCUT2D eigenvalue weighted by Gasteiger charge is -2.42. The summed E-state index contributed by atoms with van der Waals surface area (Å²) in [4.78, 5) is 38.0. The lowest BCUT2D eigenvalue weighted by atomic mass is 9.78. The van der Waals surface area contributed by atoms with Crippen LogP contribution >= 0.6 is 11.8 Å². The smallest absolute Gasteiger partial charge is 0.277 e. The minimum Gasteiger partial charge on any atom is -0.277 e. The van der Waals surface area contributed by atoms with Crippen LogP contribution in [0.1, 0.15) is 39.5 Å². The second kappa shape index (κ2) is 5.53. The number of nitrogens with zero attached hydrogens (tertiary/aromatic N) is 1. The molecule has 2 rings (SSSR count). The fraction of sp³-hybridized carbons (Fsp3) is 0.769. The third kappa shape index (κ3) is 2.26. The van der Waals surface area contributed by atoms with Crippen LogP contribution in [0.4, 0.5) is 4.79 Å². The summed E-state index contributed by atoms with van der Waals surface area (Å²) in [7, 11) is 0. The van der Waals surface area contributed by atoms with Crippen molar-refractivity contribution in [2.75, 3.05) is 11.5 Å². The van der Waals surface area contributed by atoms with Gasteiger partial charge < -0.3 is 0 Å². The molecule has 0 bridgehead atoms. The largest absolute Gasteiger partial charge is 0.331 e. The van der Waals surface area contributed by atoms with E-state index in [1.54, 1.807) is 0 Å². The fourth-order valence-corrected chi connectivity index (χ4v) is 3.93. The van der Waals surface area contributed by atoms with Gasteiger partial charge in [0.05, 0.1) is 0 Å². The predicted molar refractivity (Wildman–Crippen MR) is 73.7 cm³/mol. The van der Waals surface area contributed by atoms with Crippen molar-refractivity contribution in [1.29, 1.82) is 0 Å². The van der Waals surface area contributed by atoms with Gasteiger partial charge in [0.2, 0.25) is 11.8 Å². The molecule has 0 aromatic heterocycles. The van der Waals surface area contributed by atoms with Gasteiger partial charge >= 0.3 is 6.03 Å². The van der Waals surface area contributed by atoms with E-state index in [0.29, 0.717) is 12.8 Å². The maximum atomic E-state index is 12.7. The van der Waals surface area contributed by atoms with Gasteiger partial charge in [0.1, 0.15) is 5.41 Å². The van der Waals surface area contributed by atoms with E-state index < -0.39 is 17.4 Å². The lowest BCUT2D eigenvalue weighted by Crippen LogP contribution is -2.66. The van der Waals surface area contributed by atoms with Gasteiger partial charge in [-0.15, -0.1) is 0 Å². The van der Waals surface area contributed by atoms with E-state index in [2.05, 4.69) is 5.32 Å². The van der Waals surface area contributed by atoms with Crippen molar-refractivity contribution in [1.82, 2.24) is 10.2 Å². The molecule has 2 aliphatic rings. The summed E-state index contributed by atoms with van der Waals surface area (Å²) in [6.45, 7) is 3.65. The fourth-order valence-electron chi connectivity index (χ4n) is 2.85. The molecular formula is C13H20N2O3S. The van der Waals surface area contributed by atoms with Crippen LogP contribution in [0.2, 0.25) is 0 Å². The highest BCUT2D eigenvalue weighted by atomic mass is 32.2. The molecule has 5 nitrogen and oxygen atoms in total. The first-order valence-corrected chi connectivity index (χ1v) is 7.99. The highest BCUT2D eigenvalue weighted by molar-refractivity contribution is 7.99. The average Bonchev–Trinajstić information content (AvgIpc) is 2.41. The van der Waals surface area contributed by atoms with Crippen molar-refractivity contribution >= 4 is 29.6 Å². The zero-order valence-electron chi connectivity index (χ0n) is 11.4. The number of amides is 4. The number of barbiturate groups is 1. The summed E-state index contributed by atoms with van der Waals surface area (Å²) in [5.74, 6) is 1.18. The molecule has 0 unspecified atom stereocenters. The van der Waals surface area contributed by atoms with E-state index >= 15 is 0 Å². The Morgan fingerprint density at radius 3 is 2.32 bits per heavy atom. The zero-order valence-corrected chi connectivity index (χ0v) is 12.2. The van der Waals surface area contributed by atoms with Crippen LogP contribution in [0.5, 0.6) is 0 Å². The Kier molecular flexibility index (Phi) is 4.18. The number of urea groups is 1. The lowest BCUT2D eigenvalue weighted by molar-refractivity contribution is -0.153. The van der Waals surface area contributed by atoms with Crippen molar-refractivity contribution in [3.8, 4) is 0 Å². The van der Waals surface area contributed by atoms with E-state index in [1.807, 2.05) is 25.6 Å². The number of thioether (sulfide) groups is 1. The van der Waals surface area contributed by atoms with Gasteiger partial charge in [0.15, 0.2) is 0 Å². The van der Waals surface area contributed by atoms with Crippen molar-refractivity contribution in [2.24, 2.45) is 5.41 Å². The van der Waals surface area contributed by atoms with Gasteiger partial charge in [-0.1, -0.05) is 13.8 Å². The van der Waals surface area contributed by atoms with Crippen LogP contribution in [0.3, 0.4) is 0 Å². The third-order valence-corrected chi connectivity index (χ3v) is 5.31. The summed E-state index contributed by atoms with van der Waals surface area (Å²) >= 11 is 1.84. The molecule has 0 spiro atoms. The molecule has 0 aromatic rings. The zero-order chi connectivity index (χ0) is 14.0. The number of hydrogen-bond donors (Lipinski definition) is 1. The quantitative estimate of drug-likeness (QED) is 0.802. The maximum absolute atomic E-state index is 12.7. The standard InChI is InChI=1S/C13H20N2O3S/c1-3-13(4-2)10(16)14-12(18)15(11(13)17)9-5-7-19-8-6-9/h9H,3-8H2,1-2H3,(H,14,16,18). The topological polar surface area (TPSA) is 66.5 Å². The van der Waals surface area contributed by atoms with Crippen molar-refractivity contribution in [2.45, 2.75) is 45.6 Å². The summed E-state index contributed by atoms with van der Waals surface area (Å²) < 4.78 is 0. The highest BCUT2D eigenvalue weighted by Crippen LogP contribution is 2.35. The van der Waals surface area contributed by atoms with E-state index in [-0.39, 0.29) is 11.9 Å². The van der Waals surface area contributed by atoms with Gasteiger partial charge in [0.25, 0.3) is 0 Å². The molecule has 0 radical (unpaired) electrons. The van der Waals surface area contributed by atoms with E-state index in [1.165, 1.54) is 4.90 Å². The van der Waals surface area contributed by atoms with Crippen LogP contribution < -0.4 is 5.32 Å². The summed E-state index contributed by atoms with van der Waals surface area (Å²) in [6.07, 6.45) is 2.50. The van der Waals surface area contributed by atoms with E-state index in [4.69, 9.17) is 0 Å². The van der Waals surface area contributed by atoms with Crippen LogP contribution in [0.15, 0.2) is 0 Å². The number of hydrogen-bond acceptors (Lipinski definition) is 4. The van der Waals surface area contributed by atoms with Crippen molar-refractivity contribution in [3.05, 3.63) is 0 Å². The third-order valence-electron chi connectivity index (χ3n) is 4.27. The van der Waals surface area contributed by atoms with Gasteiger partial charge in [-0.05, 0) is 37.2 Å². The minimum atomic E-state index is -1.06. The minimum absolute atomic E-state index is 0.0562. The average molecular weight is 284 g/mol. The molecule has 19 heavy (non-hydrogen) atoms. The molecule has 4 amide bonds. The molecule has 1 N–H and O–H groups in total. The molecule has 2 aliphatic heterocycles. The SMILES string of the molecule is CCC1(CC)C(=O)NC(=O)N(C2CCSCC2)C1=O.